The molecule has 0 amide bonds. The Hall–Kier alpha value is -2.92. The van der Waals surface area contributed by atoms with Gasteiger partial charge in [0.05, 0.1) is 11.0 Å². The van der Waals surface area contributed by atoms with Crippen LogP contribution < -0.4 is 5.73 Å². The monoisotopic (exact) mass is 607 g/mol. The number of rotatable bonds is 8. The summed E-state index contributed by atoms with van der Waals surface area (Å²) < 4.78 is 13.5. The summed E-state index contributed by atoms with van der Waals surface area (Å²) in [5.41, 5.74) is 8.70. The third-order valence-electron chi connectivity index (χ3n) is 13.2. The summed E-state index contributed by atoms with van der Waals surface area (Å²) in [6, 6.07) is 6.26. The Morgan fingerprint density at radius 3 is 2.76 bits per heavy atom. The van der Waals surface area contributed by atoms with Crippen LogP contribution in [0.1, 0.15) is 112 Å². The second-order valence-electron chi connectivity index (χ2n) is 15.1. The van der Waals surface area contributed by atoms with Crippen molar-refractivity contribution in [2.75, 3.05) is 6.54 Å². The summed E-state index contributed by atoms with van der Waals surface area (Å²) in [6.07, 6.45) is 24.9. The first kappa shape index (κ1) is 29.5. The number of allylic oxidation sites excluding steroid dienone is 6. The number of hydrogen-bond donors (Lipinski definition) is 1. The molecule has 2 heterocycles. The molecule has 0 aromatic heterocycles. The van der Waals surface area contributed by atoms with Gasteiger partial charge in [-0.25, -0.2) is 4.79 Å². The highest BCUT2D eigenvalue weighted by Crippen LogP contribution is 2.86. The predicted octanol–water partition coefficient (Wildman–Crippen LogP) is 8.25. The minimum Gasteiger partial charge on any atom is -0.449 e. The number of esters is 2. The summed E-state index contributed by atoms with van der Waals surface area (Å²) in [5.74, 6) is 2.34. The zero-order valence-corrected chi connectivity index (χ0v) is 27.1. The van der Waals surface area contributed by atoms with E-state index < -0.39 is 16.4 Å². The van der Waals surface area contributed by atoms with Gasteiger partial charge in [0, 0.05) is 17.4 Å². The molecule has 0 bridgehead atoms. The molecule has 2 N–H and O–H groups in total. The molecule has 5 aliphatic carbocycles. The van der Waals surface area contributed by atoms with Crippen LogP contribution in [0.15, 0.2) is 65.5 Å². The molecule has 1 aromatic carbocycles. The lowest BCUT2D eigenvalue weighted by molar-refractivity contribution is -0.275. The summed E-state index contributed by atoms with van der Waals surface area (Å²) in [5, 5.41) is 0. The molecule has 3 fully saturated rings. The van der Waals surface area contributed by atoms with Crippen molar-refractivity contribution >= 4 is 11.9 Å². The second kappa shape index (κ2) is 10.8. The molecule has 0 unspecified atom stereocenters. The summed E-state index contributed by atoms with van der Waals surface area (Å²) in [6.45, 7) is 5.12. The van der Waals surface area contributed by atoms with Gasteiger partial charge in [0.15, 0.2) is 5.60 Å². The van der Waals surface area contributed by atoms with Gasteiger partial charge in [-0.05, 0) is 92.9 Å². The maximum absolute atomic E-state index is 14.8. The number of hydrogen-bond acceptors (Lipinski definition) is 5. The van der Waals surface area contributed by atoms with E-state index in [0.29, 0.717) is 29.9 Å². The molecule has 1 aromatic rings. The molecule has 1 spiro atoms. The standard InChI is InChI=1S/C40H49NO4/c1-3-10-33-39-31-21-20-28-25(2)11-6-17-29(28)30(31)22-23-38(39,34(44-37(39)43)19-7-14-26-12-4-5-13-26)40(33)32-18-8-15-27(16-9-24-41)35(32)36(42)45-40/h6,8,15,17-21,25-26,28-29,33H,3-5,7,9-14,16,22-24,41H2,1-2H3/b34-19-/t25-,28+,29+,33-,38+,39-,40+/m0/s1. The van der Waals surface area contributed by atoms with Crippen LogP contribution in [-0.2, 0) is 26.3 Å². The quantitative estimate of drug-likeness (QED) is 0.238. The number of cyclic esters (lactones) is 1. The fourth-order valence-electron chi connectivity index (χ4n) is 11.5. The Balaban J connectivity index is 1.33. The number of ether oxygens (including phenoxy) is 2. The predicted molar refractivity (Wildman–Crippen MR) is 175 cm³/mol. The van der Waals surface area contributed by atoms with Gasteiger partial charge in [0.1, 0.15) is 11.2 Å². The third kappa shape index (κ3) is 3.65. The van der Waals surface area contributed by atoms with E-state index in [9.17, 15) is 9.59 Å². The topological polar surface area (TPSA) is 78.6 Å². The van der Waals surface area contributed by atoms with Gasteiger partial charge in [-0.3, -0.25) is 4.79 Å². The van der Waals surface area contributed by atoms with E-state index >= 15 is 0 Å². The van der Waals surface area contributed by atoms with E-state index in [0.717, 1.165) is 80.6 Å². The zero-order chi connectivity index (χ0) is 31.0. The molecule has 45 heavy (non-hydrogen) atoms. The van der Waals surface area contributed by atoms with Crippen molar-refractivity contribution in [1.29, 1.82) is 0 Å². The fourth-order valence-corrected chi connectivity index (χ4v) is 11.5. The van der Waals surface area contributed by atoms with Crippen LogP contribution in [0, 0.1) is 40.4 Å². The fraction of sp³-hybridized carbons (Fsp3) is 0.600. The number of benzene rings is 1. The van der Waals surface area contributed by atoms with E-state index in [2.05, 4.69) is 62.4 Å². The van der Waals surface area contributed by atoms with Crippen molar-refractivity contribution in [3.05, 3.63) is 82.2 Å². The van der Waals surface area contributed by atoms with Gasteiger partial charge in [0.25, 0.3) is 0 Å². The molecular weight excluding hydrogens is 558 g/mol. The smallest absolute Gasteiger partial charge is 0.339 e. The van der Waals surface area contributed by atoms with Crippen molar-refractivity contribution in [1.82, 2.24) is 0 Å². The molecule has 238 valence electrons. The minimum absolute atomic E-state index is 0.120. The van der Waals surface area contributed by atoms with Gasteiger partial charge in [-0.1, -0.05) is 94.0 Å². The van der Waals surface area contributed by atoms with Crippen LogP contribution in [0.4, 0.5) is 0 Å². The lowest BCUT2D eigenvalue weighted by Crippen LogP contribution is -2.76. The van der Waals surface area contributed by atoms with Gasteiger partial charge in [0.2, 0.25) is 0 Å². The largest absolute Gasteiger partial charge is 0.449 e. The highest BCUT2D eigenvalue weighted by molar-refractivity contribution is 6.00. The maximum atomic E-state index is 14.8. The average molecular weight is 608 g/mol. The van der Waals surface area contributed by atoms with E-state index in [1.807, 2.05) is 0 Å². The van der Waals surface area contributed by atoms with E-state index in [1.54, 1.807) is 0 Å². The lowest BCUT2D eigenvalue weighted by atomic mass is 9.29. The van der Waals surface area contributed by atoms with E-state index in [1.165, 1.54) is 36.8 Å². The molecule has 2 aliphatic heterocycles. The number of carbonyl (C=O) groups excluding carboxylic acids is 2. The van der Waals surface area contributed by atoms with Crippen LogP contribution in [0.3, 0.4) is 0 Å². The van der Waals surface area contributed by atoms with Crippen molar-refractivity contribution in [3.63, 3.8) is 0 Å². The molecule has 2 saturated carbocycles. The highest BCUT2D eigenvalue weighted by Gasteiger charge is 2.92. The molecule has 0 radical (unpaired) electrons. The molecule has 5 heteroatoms. The molecule has 5 nitrogen and oxygen atoms in total. The first-order valence-electron chi connectivity index (χ1n) is 18.0. The Labute approximate surface area is 268 Å². The minimum atomic E-state index is -0.918. The Kier molecular flexibility index (Phi) is 7.09. The van der Waals surface area contributed by atoms with Crippen LogP contribution in [0.25, 0.3) is 0 Å². The highest BCUT2D eigenvalue weighted by atomic mass is 16.6. The third-order valence-corrected chi connectivity index (χ3v) is 13.2. The Bertz CT molecular complexity index is 1540. The second-order valence-corrected chi connectivity index (χ2v) is 15.1. The van der Waals surface area contributed by atoms with Gasteiger partial charge in [-0.15, -0.1) is 0 Å². The van der Waals surface area contributed by atoms with Crippen LogP contribution >= 0.6 is 0 Å². The van der Waals surface area contributed by atoms with E-state index in [4.69, 9.17) is 15.2 Å². The molecule has 7 atom stereocenters. The summed E-state index contributed by atoms with van der Waals surface area (Å²) in [4.78, 5) is 28.9. The normalized spacial score (nSPS) is 38.5. The average Bonchev–Trinajstić information content (AvgIpc) is 3.74. The Morgan fingerprint density at radius 1 is 1.11 bits per heavy atom. The summed E-state index contributed by atoms with van der Waals surface area (Å²) in [7, 11) is 0. The number of aryl methyl sites for hydroxylation is 1. The van der Waals surface area contributed by atoms with Crippen molar-refractivity contribution in [3.8, 4) is 0 Å². The van der Waals surface area contributed by atoms with Gasteiger partial charge < -0.3 is 15.2 Å². The maximum Gasteiger partial charge on any atom is 0.339 e. The lowest BCUT2D eigenvalue weighted by Gasteiger charge is -2.71. The number of nitrogens with two attached hydrogens (primary N) is 1. The van der Waals surface area contributed by atoms with Crippen molar-refractivity contribution < 1.29 is 19.1 Å². The van der Waals surface area contributed by atoms with Crippen molar-refractivity contribution in [2.45, 2.75) is 103 Å². The van der Waals surface area contributed by atoms with Crippen LogP contribution in [0.5, 0.6) is 0 Å². The number of fused-ring (bicyclic) bond motifs is 4. The zero-order valence-electron chi connectivity index (χ0n) is 27.1. The number of carbonyl (C=O) groups is 2. The Morgan fingerprint density at radius 2 is 1.96 bits per heavy atom. The van der Waals surface area contributed by atoms with Gasteiger partial charge in [-0.2, -0.15) is 0 Å². The van der Waals surface area contributed by atoms with Crippen LogP contribution in [0.2, 0.25) is 0 Å². The molecule has 8 rings (SSSR count). The summed E-state index contributed by atoms with van der Waals surface area (Å²) >= 11 is 0. The first-order valence-corrected chi connectivity index (χ1v) is 18.0. The van der Waals surface area contributed by atoms with E-state index in [-0.39, 0.29) is 17.9 Å². The first-order chi connectivity index (χ1) is 22.0. The molecular formula is C40H49NO4. The van der Waals surface area contributed by atoms with Crippen LogP contribution in [-0.4, -0.2) is 18.5 Å². The SMILES string of the molecule is CCC[C@H]1[C@@]23C(=O)O/C(=C\CCC4CCCC4)[C@@]2(CCC2=C3C=C[C@@H]3[C@@H](C)CC=C[C@@H]23)[C@]12OC(=O)c1c(CCCN)cccc12. The van der Waals surface area contributed by atoms with Gasteiger partial charge >= 0.3 is 11.9 Å². The molecule has 1 saturated heterocycles. The molecule has 7 aliphatic rings. The van der Waals surface area contributed by atoms with Crippen molar-refractivity contribution in [2.24, 2.45) is 46.2 Å².